The Bertz CT molecular complexity index is 909. The molecule has 1 aromatic carbocycles. The summed E-state index contributed by atoms with van der Waals surface area (Å²) in [5.74, 6) is 0.769. The lowest BCUT2D eigenvalue weighted by Gasteiger charge is -2.08. The van der Waals surface area contributed by atoms with Crippen LogP contribution in [0.5, 0.6) is 5.75 Å². The highest BCUT2D eigenvalue weighted by molar-refractivity contribution is 6.16. The van der Waals surface area contributed by atoms with Crippen molar-refractivity contribution in [2.45, 2.75) is 0 Å². The van der Waals surface area contributed by atoms with Crippen molar-refractivity contribution in [3.8, 4) is 17.0 Å². The fourth-order valence-electron chi connectivity index (χ4n) is 2.73. The summed E-state index contributed by atoms with van der Waals surface area (Å²) in [6.07, 6.45) is 5.97. The summed E-state index contributed by atoms with van der Waals surface area (Å²) in [5, 5.41) is 9.21. The molecule has 5 heteroatoms. The van der Waals surface area contributed by atoms with Crippen molar-refractivity contribution in [3.05, 3.63) is 66.4 Å². The van der Waals surface area contributed by atoms with Crippen molar-refractivity contribution in [2.24, 2.45) is 5.10 Å². The van der Waals surface area contributed by atoms with E-state index in [1.54, 1.807) is 7.11 Å². The number of fused-ring (bicyclic) bond motifs is 1. The number of hydrogen-bond donors (Lipinski definition) is 1. The number of nitrogens with zero attached hydrogens (tertiary/aromatic N) is 3. The minimum Gasteiger partial charge on any atom is -0.495 e. The van der Waals surface area contributed by atoms with Crippen molar-refractivity contribution >= 4 is 11.2 Å². The predicted molar refractivity (Wildman–Crippen MR) is 90.9 cm³/mol. The van der Waals surface area contributed by atoms with Gasteiger partial charge in [0.15, 0.2) is 0 Å². The SMILES string of the molecule is COc1ccc2c(C3=NNCC=C3)c(-c3ccccc3)nn2c1. The monoisotopic (exact) mass is 304 g/mol. The molecule has 3 aromatic rings. The van der Waals surface area contributed by atoms with Crippen molar-refractivity contribution in [1.29, 1.82) is 0 Å². The molecular formula is C18H16N4O. The van der Waals surface area contributed by atoms with Crippen LogP contribution >= 0.6 is 0 Å². The number of allylic oxidation sites excluding steroid dienone is 1. The molecule has 2 aromatic heterocycles. The molecule has 0 fully saturated rings. The molecule has 0 bridgehead atoms. The minimum absolute atomic E-state index is 0.747. The van der Waals surface area contributed by atoms with Gasteiger partial charge in [-0.2, -0.15) is 10.2 Å². The van der Waals surface area contributed by atoms with Crippen LogP contribution in [0.15, 0.2) is 65.9 Å². The Morgan fingerprint density at radius 2 is 2.00 bits per heavy atom. The van der Waals surface area contributed by atoms with Gasteiger partial charge < -0.3 is 10.2 Å². The van der Waals surface area contributed by atoms with Crippen molar-refractivity contribution in [2.75, 3.05) is 13.7 Å². The molecule has 0 amide bonds. The number of methoxy groups -OCH3 is 1. The first-order chi connectivity index (χ1) is 11.4. The van der Waals surface area contributed by atoms with Crippen LogP contribution in [0.1, 0.15) is 5.56 Å². The predicted octanol–water partition coefficient (Wildman–Crippen LogP) is 2.87. The Morgan fingerprint density at radius 3 is 2.74 bits per heavy atom. The van der Waals surface area contributed by atoms with Crippen LogP contribution in [0, 0.1) is 0 Å². The third-order valence-corrected chi connectivity index (χ3v) is 3.83. The average Bonchev–Trinajstić information content (AvgIpc) is 3.01. The second-order valence-corrected chi connectivity index (χ2v) is 5.25. The molecule has 0 unspecified atom stereocenters. The normalized spacial score (nSPS) is 13.7. The van der Waals surface area contributed by atoms with E-state index in [1.165, 1.54) is 0 Å². The molecule has 1 N–H and O–H groups in total. The third kappa shape index (κ3) is 2.36. The zero-order chi connectivity index (χ0) is 15.6. The maximum Gasteiger partial charge on any atom is 0.137 e. The van der Waals surface area contributed by atoms with E-state index in [4.69, 9.17) is 9.84 Å². The van der Waals surface area contributed by atoms with Gasteiger partial charge in [-0.1, -0.05) is 36.4 Å². The van der Waals surface area contributed by atoms with Crippen LogP contribution in [0.25, 0.3) is 16.8 Å². The summed E-state index contributed by atoms with van der Waals surface area (Å²) in [6.45, 7) is 0.747. The van der Waals surface area contributed by atoms with Crippen LogP contribution in [-0.2, 0) is 0 Å². The molecule has 5 nitrogen and oxygen atoms in total. The second kappa shape index (κ2) is 5.61. The number of ether oxygens (including phenoxy) is 1. The number of nitrogens with one attached hydrogen (secondary N) is 1. The van der Waals surface area contributed by atoms with E-state index >= 15 is 0 Å². The molecule has 0 atom stereocenters. The highest BCUT2D eigenvalue weighted by Crippen LogP contribution is 2.28. The van der Waals surface area contributed by atoms with Gasteiger partial charge in [-0.3, -0.25) is 0 Å². The standard InChI is InChI=1S/C18H16N4O/c1-23-14-9-10-16-17(15-8-5-11-19-20-15)18(21-22(16)12-14)13-6-3-2-4-7-13/h2-10,12,19H,11H2,1H3. The van der Waals surface area contributed by atoms with Gasteiger partial charge in [-0.15, -0.1) is 0 Å². The molecule has 4 rings (SSSR count). The van der Waals surface area contributed by atoms with Crippen LogP contribution in [0.3, 0.4) is 0 Å². The summed E-state index contributed by atoms with van der Waals surface area (Å²) in [7, 11) is 1.65. The zero-order valence-corrected chi connectivity index (χ0v) is 12.7. The third-order valence-electron chi connectivity index (χ3n) is 3.83. The molecule has 1 aliphatic heterocycles. The molecule has 0 radical (unpaired) electrons. The van der Waals surface area contributed by atoms with Crippen LogP contribution in [0.2, 0.25) is 0 Å². The van der Waals surface area contributed by atoms with Gasteiger partial charge in [-0.25, -0.2) is 4.52 Å². The highest BCUT2D eigenvalue weighted by Gasteiger charge is 2.19. The Hall–Kier alpha value is -3.08. The van der Waals surface area contributed by atoms with Gasteiger partial charge in [0.25, 0.3) is 0 Å². The Kier molecular flexibility index (Phi) is 3.31. The zero-order valence-electron chi connectivity index (χ0n) is 12.7. The lowest BCUT2D eigenvalue weighted by atomic mass is 10.0. The Morgan fingerprint density at radius 1 is 1.13 bits per heavy atom. The molecule has 0 saturated heterocycles. The topological polar surface area (TPSA) is 50.9 Å². The lowest BCUT2D eigenvalue weighted by molar-refractivity contribution is 0.411. The first-order valence-corrected chi connectivity index (χ1v) is 7.46. The summed E-state index contributed by atoms with van der Waals surface area (Å²) in [4.78, 5) is 0. The van der Waals surface area contributed by atoms with Crippen LogP contribution < -0.4 is 10.2 Å². The van der Waals surface area contributed by atoms with E-state index in [0.29, 0.717) is 0 Å². The summed E-state index contributed by atoms with van der Waals surface area (Å²) >= 11 is 0. The summed E-state index contributed by atoms with van der Waals surface area (Å²) < 4.78 is 7.15. The van der Waals surface area contributed by atoms with Gasteiger partial charge in [0.1, 0.15) is 11.4 Å². The molecule has 0 spiro atoms. The van der Waals surface area contributed by atoms with E-state index in [1.807, 2.05) is 47.1 Å². The fourth-order valence-corrected chi connectivity index (χ4v) is 2.73. The smallest absolute Gasteiger partial charge is 0.137 e. The molecule has 1 aliphatic rings. The first kappa shape index (κ1) is 13.6. The van der Waals surface area contributed by atoms with Gasteiger partial charge in [0, 0.05) is 5.56 Å². The van der Waals surface area contributed by atoms with Gasteiger partial charge in [0.05, 0.1) is 36.6 Å². The number of aromatic nitrogens is 2. The van der Waals surface area contributed by atoms with E-state index in [-0.39, 0.29) is 0 Å². The van der Waals surface area contributed by atoms with Crippen LogP contribution in [-0.4, -0.2) is 29.0 Å². The van der Waals surface area contributed by atoms with E-state index in [2.05, 4.69) is 28.7 Å². The number of hydrogen-bond acceptors (Lipinski definition) is 4. The molecule has 0 aliphatic carbocycles. The lowest BCUT2D eigenvalue weighted by Crippen LogP contribution is -2.15. The Balaban J connectivity index is 2.00. The fraction of sp³-hybridized carbons (Fsp3) is 0.111. The number of benzene rings is 1. The maximum absolute atomic E-state index is 5.31. The minimum atomic E-state index is 0.747. The van der Waals surface area contributed by atoms with E-state index in [9.17, 15) is 0 Å². The van der Waals surface area contributed by atoms with Gasteiger partial charge >= 0.3 is 0 Å². The summed E-state index contributed by atoms with van der Waals surface area (Å²) in [5.41, 5.74) is 7.90. The van der Waals surface area contributed by atoms with Gasteiger partial charge in [0.2, 0.25) is 0 Å². The summed E-state index contributed by atoms with van der Waals surface area (Å²) in [6, 6.07) is 14.1. The highest BCUT2D eigenvalue weighted by atomic mass is 16.5. The van der Waals surface area contributed by atoms with E-state index in [0.717, 1.165) is 40.3 Å². The van der Waals surface area contributed by atoms with E-state index < -0.39 is 0 Å². The molecular weight excluding hydrogens is 288 g/mol. The largest absolute Gasteiger partial charge is 0.495 e. The van der Waals surface area contributed by atoms with Crippen molar-refractivity contribution in [1.82, 2.24) is 15.0 Å². The number of hydrazone groups is 1. The molecule has 114 valence electrons. The maximum atomic E-state index is 5.31. The van der Waals surface area contributed by atoms with Crippen molar-refractivity contribution in [3.63, 3.8) is 0 Å². The first-order valence-electron chi connectivity index (χ1n) is 7.46. The molecule has 0 saturated carbocycles. The quantitative estimate of drug-likeness (QED) is 0.809. The number of rotatable bonds is 3. The van der Waals surface area contributed by atoms with Crippen molar-refractivity contribution < 1.29 is 4.74 Å². The molecule has 23 heavy (non-hydrogen) atoms. The average molecular weight is 304 g/mol. The molecule has 3 heterocycles. The van der Waals surface area contributed by atoms with Gasteiger partial charge in [-0.05, 0) is 18.2 Å². The Labute approximate surface area is 133 Å². The number of pyridine rings is 1. The van der Waals surface area contributed by atoms with Crippen LogP contribution in [0.4, 0.5) is 0 Å². The second-order valence-electron chi connectivity index (χ2n) is 5.25.